The number of imidazole rings is 1. The molecule has 1 saturated heterocycles. The van der Waals surface area contributed by atoms with Crippen molar-refractivity contribution in [3.63, 3.8) is 0 Å². The molecule has 0 bridgehead atoms. The molecule has 4 rings (SSSR count). The van der Waals surface area contributed by atoms with E-state index in [4.69, 9.17) is 27.9 Å². The van der Waals surface area contributed by atoms with Gasteiger partial charge in [0.1, 0.15) is 6.04 Å². The minimum atomic E-state index is -0.802. The minimum Gasteiger partial charge on any atom is -0.466 e. The number of aryl methyl sites for hydroxylation is 1. The van der Waals surface area contributed by atoms with E-state index in [1.807, 2.05) is 19.2 Å². The van der Waals surface area contributed by atoms with Crippen molar-refractivity contribution in [3.8, 4) is 0 Å². The fourth-order valence-electron chi connectivity index (χ4n) is 6.27. The molecule has 1 aliphatic carbocycles. The van der Waals surface area contributed by atoms with Crippen LogP contribution in [0.4, 0.5) is 4.79 Å². The Morgan fingerprint density at radius 3 is 2.56 bits per heavy atom. The van der Waals surface area contributed by atoms with Gasteiger partial charge in [0.05, 0.1) is 34.1 Å². The predicted molar refractivity (Wildman–Crippen MR) is 159 cm³/mol. The van der Waals surface area contributed by atoms with E-state index < -0.39 is 17.5 Å². The van der Waals surface area contributed by atoms with Gasteiger partial charge in [-0.25, -0.2) is 9.78 Å². The molecule has 1 saturated carbocycles. The summed E-state index contributed by atoms with van der Waals surface area (Å²) in [5.74, 6) is -0.0209. The molecule has 2 fully saturated rings. The number of H-pyrrole nitrogens is 1. The van der Waals surface area contributed by atoms with Gasteiger partial charge in [-0.2, -0.15) is 0 Å². The lowest BCUT2D eigenvalue weighted by Gasteiger charge is -2.46. The Bertz CT molecular complexity index is 1160. The van der Waals surface area contributed by atoms with Gasteiger partial charge < -0.3 is 25.3 Å². The summed E-state index contributed by atoms with van der Waals surface area (Å²) < 4.78 is 5.57. The number of hydrogen-bond acceptors (Lipinski definition) is 5. The van der Waals surface area contributed by atoms with Crippen molar-refractivity contribution in [3.05, 3.63) is 52.0 Å². The van der Waals surface area contributed by atoms with Crippen molar-refractivity contribution in [1.82, 2.24) is 25.5 Å². The number of likely N-dealkylation sites (tertiary alicyclic amines) is 1. The molecule has 0 radical (unpaired) electrons. The van der Waals surface area contributed by atoms with Crippen LogP contribution in [0, 0.1) is 11.3 Å². The molecule has 2 aliphatic rings. The molecule has 3 amide bonds. The Labute approximate surface area is 252 Å². The number of esters is 1. The van der Waals surface area contributed by atoms with Crippen LogP contribution in [0.1, 0.15) is 69.5 Å². The highest BCUT2D eigenvalue weighted by Gasteiger charge is 2.49. The molecule has 224 valence electrons. The summed E-state index contributed by atoms with van der Waals surface area (Å²) in [6, 6.07) is 4.00. The molecule has 2 aromatic rings. The largest absolute Gasteiger partial charge is 0.466 e. The third-order valence-corrected chi connectivity index (χ3v) is 9.25. The maximum Gasteiger partial charge on any atom is 0.315 e. The maximum atomic E-state index is 13.9. The summed E-state index contributed by atoms with van der Waals surface area (Å²) in [6.45, 7) is 3.52. The molecular weight excluding hydrogens is 565 g/mol. The molecular formula is C30H41Cl2N5O4. The fourth-order valence-corrected chi connectivity index (χ4v) is 6.59. The molecule has 9 nitrogen and oxygen atoms in total. The SMILES string of the molecule is CCOC(=O)C1(C2CCCCC2)CCN(C(=O)[C@@H](Cc2ccc(Cl)c(Cl)c2)NC(=O)NCCCc2c[nH]cn2)CC1. The zero-order valence-electron chi connectivity index (χ0n) is 23.7. The summed E-state index contributed by atoms with van der Waals surface area (Å²) in [6.07, 6.45) is 11.8. The van der Waals surface area contributed by atoms with Crippen LogP contribution in [0.15, 0.2) is 30.7 Å². The summed E-state index contributed by atoms with van der Waals surface area (Å²) in [7, 11) is 0. The molecule has 2 heterocycles. The molecule has 1 aliphatic heterocycles. The number of piperidine rings is 1. The second-order valence-corrected chi connectivity index (χ2v) is 11.9. The first-order valence-corrected chi connectivity index (χ1v) is 15.5. The zero-order chi connectivity index (χ0) is 29.2. The van der Waals surface area contributed by atoms with Gasteiger partial charge in [0.25, 0.3) is 0 Å². The number of amides is 3. The van der Waals surface area contributed by atoms with Crippen LogP contribution in [0.3, 0.4) is 0 Å². The summed E-state index contributed by atoms with van der Waals surface area (Å²) in [5.41, 5.74) is 1.17. The minimum absolute atomic E-state index is 0.126. The van der Waals surface area contributed by atoms with E-state index in [9.17, 15) is 14.4 Å². The van der Waals surface area contributed by atoms with Crippen molar-refractivity contribution >= 4 is 41.1 Å². The Morgan fingerprint density at radius 2 is 1.90 bits per heavy atom. The molecule has 41 heavy (non-hydrogen) atoms. The number of nitrogens with one attached hydrogen (secondary N) is 3. The average Bonchev–Trinajstić information content (AvgIpc) is 3.51. The maximum absolute atomic E-state index is 13.9. The fraction of sp³-hybridized carbons (Fsp3) is 0.600. The molecule has 1 aromatic carbocycles. The normalized spacial score (nSPS) is 18.0. The third kappa shape index (κ3) is 8.16. The van der Waals surface area contributed by atoms with Crippen molar-refractivity contribution in [2.45, 2.75) is 77.2 Å². The van der Waals surface area contributed by atoms with Crippen LogP contribution in [0.25, 0.3) is 0 Å². The van der Waals surface area contributed by atoms with E-state index in [-0.39, 0.29) is 24.2 Å². The number of ether oxygens (including phenoxy) is 1. The number of carbonyl (C=O) groups is 3. The third-order valence-electron chi connectivity index (χ3n) is 8.51. The van der Waals surface area contributed by atoms with Gasteiger partial charge in [0.15, 0.2) is 0 Å². The summed E-state index contributed by atoms with van der Waals surface area (Å²) in [5, 5.41) is 6.56. The number of hydrogen-bond donors (Lipinski definition) is 3. The highest BCUT2D eigenvalue weighted by molar-refractivity contribution is 6.42. The van der Waals surface area contributed by atoms with Crippen LogP contribution in [0.2, 0.25) is 10.0 Å². The molecule has 1 atom stereocenters. The van der Waals surface area contributed by atoms with Crippen molar-refractivity contribution in [2.24, 2.45) is 11.3 Å². The van der Waals surface area contributed by atoms with E-state index in [1.54, 1.807) is 23.4 Å². The quantitative estimate of drug-likeness (QED) is 0.237. The number of benzene rings is 1. The van der Waals surface area contributed by atoms with Gasteiger partial charge in [-0.3, -0.25) is 9.59 Å². The molecule has 0 unspecified atom stereocenters. The Morgan fingerprint density at radius 1 is 1.15 bits per heavy atom. The van der Waals surface area contributed by atoms with E-state index in [2.05, 4.69) is 20.6 Å². The molecule has 0 spiro atoms. The Balaban J connectivity index is 1.42. The van der Waals surface area contributed by atoms with Crippen molar-refractivity contribution < 1.29 is 19.1 Å². The monoisotopic (exact) mass is 605 g/mol. The Hall–Kier alpha value is -2.78. The summed E-state index contributed by atoms with van der Waals surface area (Å²) in [4.78, 5) is 48.9. The second kappa shape index (κ2) is 14.9. The van der Waals surface area contributed by atoms with Crippen LogP contribution in [0.5, 0.6) is 0 Å². The first-order chi connectivity index (χ1) is 19.8. The molecule has 11 heteroatoms. The highest BCUT2D eigenvalue weighted by atomic mass is 35.5. The van der Waals surface area contributed by atoms with Gasteiger partial charge in [0, 0.05) is 32.3 Å². The second-order valence-electron chi connectivity index (χ2n) is 11.1. The summed E-state index contributed by atoms with van der Waals surface area (Å²) >= 11 is 12.3. The van der Waals surface area contributed by atoms with Crippen LogP contribution < -0.4 is 10.6 Å². The number of carbonyl (C=O) groups excluding carboxylic acids is 3. The number of aromatic amines is 1. The zero-order valence-corrected chi connectivity index (χ0v) is 25.2. The molecule has 1 aromatic heterocycles. The number of halogens is 2. The standard InChI is InChI=1S/C30H41Cl2N5O4/c1-2-41-28(39)30(22-7-4-3-5-8-22)12-15-37(16-13-30)27(38)26(18-21-10-11-24(31)25(32)17-21)36-29(40)34-14-6-9-23-19-33-20-35-23/h10-11,17,19-20,22,26H,2-9,12-16,18H2,1H3,(H,33,35)(H2,34,36,40)/t26-/m1/s1. The van der Waals surface area contributed by atoms with E-state index in [1.165, 1.54) is 6.42 Å². The van der Waals surface area contributed by atoms with Gasteiger partial charge >= 0.3 is 12.0 Å². The van der Waals surface area contributed by atoms with Crippen LogP contribution in [-0.2, 0) is 27.2 Å². The van der Waals surface area contributed by atoms with E-state index in [0.717, 1.165) is 43.4 Å². The van der Waals surface area contributed by atoms with Gasteiger partial charge in [-0.05, 0) is 69.1 Å². The van der Waals surface area contributed by atoms with E-state index >= 15 is 0 Å². The lowest BCUT2D eigenvalue weighted by Crippen LogP contribution is -2.56. The smallest absolute Gasteiger partial charge is 0.315 e. The number of rotatable bonds is 11. The van der Waals surface area contributed by atoms with E-state index in [0.29, 0.717) is 55.5 Å². The van der Waals surface area contributed by atoms with Crippen LogP contribution >= 0.6 is 23.2 Å². The van der Waals surface area contributed by atoms with Crippen molar-refractivity contribution in [2.75, 3.05) is 26.2 Å². The lowest BCUT2D eigenvalue weighted by molar-refractivity contribution is -0.166. The Kier molecular flexibility index (Phi) is 11.3. The predicted octanol–water partition coefficient (Wildman–Crippen LogP) is 5.31. The van der Waals surface area contributed by atoms with Crippen LogP contribution in [-0.4, -0.2) is 65.1 Å². The number of nitrogens with zero attached hydrogens (tertiary/aromatic N) is 2. The number of urea groups is 1. The highest BCUT2D eigenvalue weighted by Crippen LogP contribution is 2.47. The number of aromatic nitrogens is 2. The molecule has 3 N–H and O–H groups in total. The first kappa shape index (κ1) is 31.2. The van der Waals surface area contributed by atoms with Gasteiger partial charge in [-0.1, -0.05) is 48.5 Å². The van der Waals surface area contributed by atoms with Crippen molar-refractivity contribution in [1.29, 1.82) is 0 Å². The first-order valence-electron chi connectivity index (χ1n) is 14.7. The topological polar surface area (TPSA) is 116 Å². The average molecular weight is 607 g/mol. The van der Waals surface area contributed by atoms with Gasteiger partial charge in [-0.15, -0.1) is 0 Å². The lowest BCUT2D eigenvalue weighted by atomic mass is 9.63. The van der Waals surface area contributed by atoms with Gasteiger partial charge in [0.2, 0.25) is 5.91 Å².